The number of carboxylic acids is 1. The number of hydrogen-bond acceptors (Lipinski definition) is 3. The fourth-order valence-electron chi connectivity index (χ4n) is 2.69. The molecule has 1 saturated heterocycles. The maximum atomic E-state index is 11.4. The zero-order valence-electron chi connectivity index (χ0n) is 9.85. The fraction of sp³-hybridized carbons (Fsp3) is 0.909. The smallest absolute Gasteiger partial charge is 0.307 e. The summed E-state index contributed by atoms with van der Waals surface area (Å²) in [5, 5.41) is 9.24. The quantitative estimate of drug-likeness (QED) is 0.801. The molecule has 0 spiro atoms. The van der Waals surface area contributed by atoms with Crippen molar-refractivity contribution in [1.29, 1.82) is 0 Å². The van der Waals surface area contributed by atoms with Crippen molar-refractivity contribution in [3.05, 3.63) is 0 Å². The number of hydrogen-bond donors (Lipinski definition) is 1. The fourth-order valence-corrected chi connectivity index (χ4v) is 4.55. The third kappa shape index (κ3) is 2.97. The molecular formula is C11H20O4S. The molecule has 0 bridgehead atoms. The lowest BCUT2D eigenvalue weighted by Gasteiger charge is -2.25. The van der Waals surface area contributed by atoms with Gasteiger partial charge in [-0.15, -0.1) is 0 Å². The van der Waals surface area contributed by atoms with Crippen LogP contribution in [0.4, 0.5) is 0 Å². The first-order chi connectivity index (χ1) is 7.41. The Balaban J connectivity index is 2.83. The average molecular weight is 248 g/mol. The van der Waals surface area contributed by atoms with Gasteiger partial charge in [0.1, 0.15) is 0 Å². The van der Waals surface area contributed by atoms with Crippen molar-refractivity contribution >= 4 is 15.8 Å². The van der Waals surface area contributed by atoms with E-state index in [1.54, 1.807) is 0 Å². The Labute approximate surface area is 97.0 Å². The van der Waals surface area contributed by atoms with Crippen molar-refractivity contribution in [2.75, 3.05) is 11.5 Å². The van der Waals surface area contributed by atoms with Gasteiger partial charge in [-0.3, -0.25) is 4.79 Å². The van der Waals surface area contributed by atoms with E-state index in [-0.39, 0.29) is 23.3 Å². The number of rotatable bonds is 5. The first kappa shape index (κ1) is 13.5. The Morgan fingerprint density at radius 2 is 1.94 bits per heavy atom. The molecule has 2 unspecified atom stereocenters. The molecule has 1 aliphatic rings. The lowest BCUT2D eigenvalue weighted by Crippen LogP contribution is -2.31. The van der Waals surface area contributed by atoms with E-state index in [2.05, 4.69) is 0 Å². The Morgan fingerprint density at radius 1 is 1.38 bits per heavy atom. The minimum absolute atomic E-state index is 0.0560. The average Bonchev–Trinajstić information content (AvgIpc) is 2.53. The van der Waals surface area contributed by atoms with Crippen LogP contribution in [0.2, 0.25) is 0 Å². The monoisotopic (exact) mass is 248 g/mol. The van der Waals surface area contributed by atoms with E-state index in [4.69, 9.17) is 0 Å². The van der Waals surface area contributed by atoms with Crippen LogP contribution in [-0.2, 0) is 14.6 Å². The second kappa shape index (κ2) is 5.17. The second-order valence-corrected chi connectivity index (χ2v) is 6.83. The van der Waals surface area contributed by atoms with Gasteiger partial charge in [-0.1, -0.05) is 26.7 Å². The van der Waals surface area contributed by atoms with Crippen molar-refractivity contribution in [3.8, 4) is 0 Å². The molecule has 2 atom stereocenters. The molecule has 0 saturated carbocycles. The molecule has 0 aromatic rings. The maximum Gasteiger partial charge on any atom is 0.307 e. The first-order valence-electron chi connectivity index (χ1n) is 5.84. The molecule has 0 aromatic heterocycles. The number of aliphatic carboxylic acids is 1. The molecule has 0 aliphatic carbocycles. The largest absolute Gasteiger partial charge is 0.481 e. The van der Waals surface area contributed by atoms with Crippen LogP contribution in [0.1, 0.15) is 33.1 Å². The summed E-state index contributed by atoms with van der Waals surface area (Å²) in [6.07, 6.45) is 2.10. The molecule has 4 nitrogen and oxygen atoms in total. The Bertz CT molecular complexity index is 343. The van der Waals surface area contributed by atoms with Gasteiger partial charge in [0.25, 0.3) is 0 Å². The summed E-state index contributed by atoms with van der Waals surface area (Å²) in [6.45, 7) is 3.93. The third-order valence-corrected chi connectivity index (χ3v) is 5.41. The molecule has 1 heterocycles. The van der Waals surface area contributed by atoms with E-state index in [0.717, 1.165) is 12.8 Å². The van der Waals surface area contributed by atoms with Crippen LogP contribution >= 0.6 is 0 Å². The van der Waals surface area contributed by atoms with E-state index >= 15 is 0 Å². The van der Waals surface area contributed by atoms with E-state index < -0.39 is 21.7 Å². The minimum Gasteiger partial charge on any atom is -0.481 e. The van der Waals surface area contributed by atoms with Gasteiger partial charge in [-0.05, 0) is 18.3 Å². The van der Waals surface area contributed by atoms with Crippen molar-refractivity contribution in [2.45, 2.75) is 33.1 Å². The van der Waals surface area contributed by atoms with Gasteiger partial charge in [-0.25, -0.2) is 8.42 Å². The first-order valence-corrected chi connectivity index (χ1v) is 7.66. The van der Waals surface area contributed by atoms with E-state index in [9.17, 15) is 18.3 Å². The van der Waals surface area contributed by atoms with Gasteiger partial charge in [0.15, 0.2) is 9.84 Å². The summed E-state index contributed by atoms with van der Waals surface area (Å²) in [5.74, 6) is -1.21. The molecule has 1 rings (SSSR count). The van der Waals surface area contributed by atoms with Gasteiger partial charge >= 0.3 is 5.97 Å². The molecule has 16 heavy (non-hydrogen) atoms. The SMILES string of the molecule is CCC(CC)C(C(=O)O)C1CCS(=O)(=O)C1. The molecule has 1 aliphatic heterocycles. The predicted octanol–water partition coefficient (Wildman–Crippen LogP) is 1.56. The van der Waals surface area contributed by atoms with Gasteiger partial charge in [-0.2, -0.15) is 0 Å². The summed E-state index contributed by atoms with van der Waals surface area (Å²) in [4.78, 5) is 11.3. The lowest BCUT2D eigenvalue weighted by molar-refractivity contribution is -0.145. The van der Waals surface area contributed by atoms with Crippen LogP contribution in [0.5, 0.6) is 0 Å². The summed E-state index contributed by atoms with van der Waals surface area (Å²) < 4.78 is 22.7. The van der Waals surface area contributed by atoms with Crippen LogP contribution in [-0.4, -0.2) is 31.0 Å². The second-order valence-electron chi connectivity index (χ2n) is 4.60. The summed E-state index contributed by atoms with van der Waals surface area (Å²) in [5.41, 5.74) is 0. The molecular weight excluding hydrogens is 228 g/mol. The summed E-state index contributed by atoms with van der Waals surface area (Å²) >= 11 is 0. The molecule has 1 N–H and O–H groups in total. The molecule has 94 valence electrons. The van der Waals surface area contributed by atoms with Gasteiger partial charge < -0.3 is 5.11 Å². The van der Waals surface area contributed by atoms with Crippen LogP contribution in [0.3, 0.4) is 0 Å². The van der Waals surface area contributed by atoms with E-state index in [1.807, 2.05) is 13.8 Å². The zero-order chi connectivity index (χ0) is 12.3. The third-order valence-electron chi connectivity index (χ3n) is 3.62. The molecule has 0 radical (unpaired) electrons. The highest BCUT2D eigenvalue weighted by atomic mass is 32.2. The van der Waals surface area contributed by atoms with Crippen LogP contribution < -0.4 is 0 Å². The van der Waals surface area contributed by atoms with Crippen LogP contribution in [0.15, 0.2) is 0 Å². The van der Waals surface area contributed by atoms with Crippen molar-refractivity contribution < 1.29 is 18.3 Å². The van der Waals surface area contributed by atoms with Gasteiger partial charge in [0.05, 0.1) is 17.4 Å². The standard InChI is InChI=1S/C11H20O4S/c1-3-8(4-2)10(11(12)13)9-5-6-16(14,15)7-9/h8-10H,3-7H2,1-2H3,(H,12,13). The van der Waals surface area contributed by atoms with Crippen molar-refractivity contribution in [2.24, 2.45) is 17.8 Å². The minimum atomic E-state index is -2.99. The van der Waals surface area contributed by atoms with Gasteiger partial charge in [0.2, 0.25) is 0 Å². The van der Waals surface area contributed by atoms with Crippen LogP contribution in [0, 0.1) is 17.8 Å². The van der Waals surface area contributed by atoms with Crippen molar-refractivity contribution in [1.82, 2.24) is 0 Å². The summed E-state index contributed by atoms with van der Waals surface area (Å²) in [7, 11) is -2.99. The molecule has 0 aromatic carbocycles. The molecule has 0 amide bonds. The Kier molecular flexibility index (Phi) is 4.35. The molecule has 5 heteroatoms. The number of carbonyl (C=O) groups is 1. The van der Waals surface area contributed by atoms with E-state index in [1.165, 1.54) is 0 Å². The lowest BCUT2D eigenvalue weighted by atomic mass is 9.78. The predicted molar refractivity (Wildman–Crippen MR) is 62.0 cm³/mol. The zero-order valence-corrected chi connectivity index (χ0v) is 10.7. The maximum absolute atomic E-state index is 11.4. The van der Waals surface area contributed by atoms with E-state index in [0.29, 0.717) is 6.42 Å². The highest BCUT2D eigenvalue weighted by Crippen LogP contribution is 2.34. The topological polar surface area (TPSA) is 71.4 Å². The highest BCUT2D eigenvalue weighted by molar-refractivity contribution is 7.91. The highest BCUT2D eigenvalue weighted by Gasteiger charge is 2.40. The normalized spacial score (nSPS) is 25.8. The molecule has 1 fully saturated rings. The summed E-state index contributed by atoms with van der Waals surface area (Å²) in [6, 6.07) is 0. The Hall–Kier alpha value is -0.580. The van der Waals surface area contributed by atoms with Gasteiger partial charge in [0, 0.05) is 0 Å². The Morgan fingerprint density at radius 3 is 2.25 bits per heavy atom. The number of carboxylic acid groups (broad SMARTS) is 1. The number of sulfone groups is 1. The van der Waals surface area contributed by atoms with Crippen molar-refractivity contribution in [3.63, 3.8) is 0 Å². The van der Waals surface area contributed by atoms with Crippen LogP contribution in [0.25, 0.3) is 0 Å².